The number of aliphatic carboxylic acids is 1. The Labute approximate surface area is 122 Å². The first-order chi connectivity index (χ1) is 9.56. The van der Waals surface area contributed by atoms with Crippen molar-refractivity contribution >= 4 is 23.2 Å². The van der Waals surface area contributed by atoms with E-state index in [2.05, 4.69) is 5.32 Å². The van der Waals surface area contributed by atoms with Crippen molar-refractivity contribution in [2.24, 2.45) is 5.92 Å². The number of piperidine rings is 1. The normalized spacial score (nSPS) is 19.1. The second-order valence-electron chi connectivity index (χ2n) is 5.19. The van der Waals surface area contributed by atoms with Crippen molar-refractivity contribution in [3.8, 4) is 0 Å². The second-order valence-corrected chi connectivity index (χ2v) is 6.48. The van der Waals surface area contributed by atoms with Crippen LogP contribution in [-0.2, 0) is 4.79 Å². The number of likely N-dealkylation sites (tertiary alicyclic amines) is 1. The second kappa shape index (κ2) is 6.85. The van der Waals surface area contributed by atoms with Gasteiger partial charge in [0.05, 0.1) is 11.4 Å². The summed E-state index contributed by atoms with van der Waals surface area (Å²) in [5, 5.41) is 11.5. The van der Waals surface area contributed by atoms with Crippen LogP contribution in [0, 0.1) is 12.8 Å². The first-order valence-electron chi connectivity index (χ1n) is 6.84. The predicted octanol–water partition coefficient (Wildman–Crippen LogP) is 1.58. The Morgan fingerprint density at radius 1 is 1.50 bits per heavy atom. The van der Waals surface area contributed by atoms with Crippen molar-refractivity contribution in [2.45, 2.75) is 19.8 Å². The van der Waals surface area contributed by atoms with Gasteiger partial charge in [-0.1, -0.05) is 0 Å². The summed E-state index contributed by atoms with van der Waals surface area (Å²) >= 11 is 1.53. The van der Waals surface area contributed by atoms with E-state index in [9.17, 15) is 9.59 Å². The summed E-state index contributed by atoms with van der Waals surface area (Å²) in [4.78, 5) is 26.7. The molecule has 110 valence electrons. The Morgan fingerprint density at radius 3 is 2.95 bits per heavy atom. The smallest absolute Gasteiger partial charge is 0.317 e. The molecule has 0 aromatic carbocycles. The summed E-state index contributed by atoms with van der Waals surface area (Å²) < 4.78 is 0. The van der Waals surface area contributed by atoms with Gasteiger partial charge in [-0.25, -0.2) is 0 Å². The molecule has 0 spiro atoms. The monoisotopic (exact) mass is 296 g/mol. The van der Waals surface area contributed by atoms with Gasteiger partial charge in [0.1, 0.15) is 0 Å². The van der Waals surface area contributed by atoms with E-state index in [0.29, 0.717) is 19.0 Å². The van der Waals surface area contributed by atoms with Gasteiger partial charge in [-0.3, -0.25) is 9.59 Å². The Bertz CT molecular complexity index is 487. The summed E-state index contributed by atoms with van der Waals surface area (Å²) in [5.41, 5.74) is 0. The van der Waals surface area contributed by atoms with E-state index in [1.807, 2.05) is 24.0 Å². The molecule has 6 heteroatoms. The minimum absolute atomic E-state index is 0.0193. The Kier molecular flexibility index (Phi) is 5.14. The molecule has 1 unspecified atom stereocenters. The zero-order valence-corrected chi connectivity index (χ0v) is 12.4. The van der Waals surface area contributed by atoms with Gasteiger partial charge in [-0.2, -0.15) is 0 Å². The molecule has 2 N–H and O–H groups in total. The van der Waals surface area contributed by atoms with E-state index in [1.165, 1.54) is 11.3 Å². The number of rotatable bonds is 5. The SMILES string of the molecule is Cc1ccc(C(=O)N2CCCC(CNCC(=O)O)C2)s1. The van der Waals surface area contributed by atoms with Gasteiger partial charge in [0.15, 0.2) is 0 Å². The van der Waals surface area contributed by atoms with Crippen LogP contribution in [0.4, 0.5) is 0 Å². The molecular formula is C14H20N2O3S. The van der Waals surface area contributed by atoms with Crippen molar-refractivity contribution in [1.29, 1.82) is 0 Å². The molecule has 0 aliphatic carbocycles. The van der Waals surface area contributed by atoms with Gasteiger partial charge in [0.25, 0.3) is 5.91 Å². The number of carboxylic acid groups (broad SMARTS) is 1. The van der Waals surface area contributed by atoms with Crippen molar-refractivity contribution in [3.63, 3.8) is 0 Å². The highest BCUT2D eigenvalue weighted by atomic mass is 32.1. The van der Waals surface area contributed by atoms with Crippen LogP contribution in [0.1, 0.15) is 27.4 Å². The zero-order chi connectivity index (χ0) is 14.5. The topological polar surface area (TPSA) is 69.6 Å². The molecule has 1 atom stereocenters. The van der Waals surface area contributed by atoms with Gasteiger partial charge < -0.3 is 15.3 Å². The molecule has 1 aliphatic heterocycles. The molecule has 20 heavy (non-hydrogen) atoms. The van der Waals surface area contributed by atoms with E-state index in [1.54, 1.807) is 0 Å². The molecule has 1 saturated heterocycles. The van der Waals surface area contributed by atoms with Crippen molar-refractivity contribution in [2.75, 3.05) is 26.2 Å². The Hall–Kier alpha value is -1.40. The first-order valence-corrected chi connectivity index (χ1v) is 7.66. The highest BCUT2D eigenvalue weighted by molar-refractivity contribution is 7.13. The summed E-state index contributed by atoms with van der Waals surface area (Å²) in [6, 6.07) is 3.85. The summed E-state index contributed by atoms with van der Waals surface area (Å²) in [5.74, 6) is -0.401. The molecule has 0 bridgehead atoms. The highest BCUT2D eigenvalue weighted by Crippen LogP contribution is 2.21. The standard InChI is InChI=1S/C14H20N2O3S/c1-10-4-5-12(20-10)14(19)16-6-2-3-11(9-16)7-15-8-13(17)18/h4-5,11,15H,2-3,6-9H2,1H3,(H,17,18). The average Bonchev–Trinajstić information content (AvgIpc) is 2.84. The van der Waals surface area contributed by atoms with Crippen molar-refractivity contribution in [1.82, 2.24) is 10.2 Å². The number of nitrogens with zero attached hydrogens (tertiary/aromatic N) is 1. The maximum atomic E-state index is 12.4. The molecule has 1 aromatic rings. The third-order valence-corrected chi connectivity index (χ3v) is 4.46. The summed E-state index contributed by atoms with van der Waals surface area (Å²) in [6.07, 6.45) is 2.02. The van der Waals surface area contributed by atoms with Gasteiger partial charge >= 0.3 is 5.97 Å². The summed E-state index contributed by atoms with van der Waals surface area (Å²) in [7, 11) is 0. The van der Waals surface area contributed by atoms with Crippen LogP contribution < -0.4 is 5.32 Å². The van der Waals surface area contributed by atoms with Gasteiger partial charge in [-0.05, 0) is 37.8 Å². The maximum absolute atomic E-state index is 12.4. The number of thiophene rings is 1. The van der Waals surface area contributed by atoms with Gasteiger partial charge in [-0.15, -0.1) is 11.3 Å². The molecule has 1 aliphatic rings. The molecule has 1 aromatic heterocycles. The number of aryl methyl sites for hydroxylation is 1. The number of hydrogen-bond acceptors (Lipinski definition) is 4. The Balaban J connectivity index is 1.86. The van der Waals surface area contributed by atoms with Crippen LogP contribution in [0.2, 0.25) is 0 Å². The Morgan fingerprint density at radius 2 is 2.30 bits per heavy atom. The third kappa shape index (κ3) is 4.05. The van der Waals surface area contributed by atoms with E-state index >= 15 is 0 Å². The average molecular weight is 296 g/mol. The molecule has 1 fully saturated rings. The van der Waals surface area contributed by atoms with E-state index < -0.39 is 5.97 Å². The minimum Gasteiger partial charge on any atom is -0.480 e. The van der Waals surface area contributed by atoms with E-state index in [4.69, 9.17) is 5.11 Å². The van der Waals surface area contributed by atoms with E-state index in [-0.39, 0.29) is 12.5 Å². The fourth-order valence-electron chi connectivity index (χ4n) is 2.50. The first kappa shape index (κ1) is 15.0. The molecular weight excluding hydrogens is 276 g/mol. The number of carbonyl (C=O) groups excluding carboxylic acids is 1. The lowest BCUT2D eigenvalue weighted by Crippen LogP contribution is -2.43. The van der Waals surface area contributed by atoms with Crippen LogP contribution in [0.5, 0.6) is 0 Å². The van der Waals surface area contributed by atoms with Crippen molar-refractivity contribution < 1.29 is 14.7 Å². The molecule has 0 saturated carbocycles. The molecule has 5 nitrogen and oxygen atoms in total. The van der Waals surface area contributed by atoms with Crippen molar-refractivity contribution in [3.05, 3.63) is 21.9 Å². The fourth-order valence-corrected chi connectivity index (χ4v) is 3.34. The van der Waals surface area contributed by atoms with E-state index in [0.717, 1.165) is 29.1 Å². The van der Waals surface area contributed by atoms with Crippen LogP contribution in [-0.4, -0.2) is 48.1 Å². The van der Waals surface area contributed by atoms with Gasteiger partial charge in [0.2, 0.25) is 0 Å². The van der Waals surface area contributed by atoms with Crippen LogP contribution in [0.15, 0.2) is 12.1 Å². The molecule has 2 rings (SSSR count). The lowest BCUT2D eigenvalue weighted by Gasteiger charge is -2.32. The zero-order valence-electron chi connectivity index (χ0n) is 11.6. The minimum atomic E-state index is -0.845. The lowest BCUT2D eigenvalue weighted by atomic mass is 9.98. The molecule has 1 amide bonds. The molecule has 2 heterocycles. The van der Waals surface area contributed by atoms with Crippen LogP contribution in [0.3, 0.4) is 0 Å². The fraction of sp³-hybridized carbons (Fsp3) is 0.571. The number of amides is 1. The third-order valence-electron chi connectivity index (χ3n) is 3.47. The summed E-state index contributed by atoms with van der Waals surface area (Å²) in [6.45, 7) is 4.14. The van der Waals surface area contributed by atoms with Gasteiger partial charge in [0, 0.05) is 24.5 Å². The highest BCUT2D eigenvalue weighted by Gasteiger charge is 2.25. The number of nitrogens with one attached hydrogen (secondary N) is 1. The quantitative estimate of drug-likeness (QED) is 0.865. The van der Waals surface area contributed by atoms with Crippen LogP contribution >= 0.6 is 11.3 Å². The number of carbonyl (C=O) groups is 2. The molecule has 0 radical (unpaired) electrons. The lowest BCUT2D eigenvalue weighted by molar-refractivity contribution is -0.136. The van der Waals surface area contributed by atoms with Crippen LogP contribution in [0.25, 0.3) is 0 Å². The maximum Gasteiger partial charge on any atom is 0.317 e. The number of carboxylic acids is 1. The number of hydrogen-bond donors (Lipinski definition) is 2. The largest absolute Gasteiger partial charge is 0.480 e. The predicted molar refractivity (Wildman–Crippen MR) is 78.2 cm³/mol.